The summed E-state index contributed by atoms with van der Waals surface area (Å²) >= 11 is 0. The van der Waals surface area contributed by atoms with Gasteiger partial charge in [-0.2, -0.15) is 0 Å². The molecule has 3 aromatic rings. The third kappa shape index (κ3) is 5.76. The molecule has 9 nitrogen and oxygen atoms in total. The van der Waals surface area contributed by atoms with E-state index in [1.807, 2.05) is 0 Å². The van der Waals surface area contributed by atoms with Gasteiger partial charge in [-0.25, -0.2) is 19.2 Å². The van der Waals surface area contributed by atoms with Crippen molar-refractivity contribution in [2.45, 2.75) is 24.4 Å². The molecule has 3 aromatic carbocycles. The minimum atomic E-state index is -1.66. The number of hydrogen-bond acceptors (Lipinski definition) is 8. The summed E-state index contributed by atoms with van der Waals surface area (Å²) in [6.45, 7) is -0.441. The maximum absolute atomic E-state index is 12.8. The van der Waals surface area contributed by atoms with Gasteiger partial charge in [0.15, 0.2) is 18.3 Å². The van der Waals surface area contributed by atoms with Crippen molar-refractivity contribution in [1.29, 1.82) is 0 Å². The number of rotatable bonds is 8. The van der Waals surface area contributed by atoms with Crippen molar-refractivity contribution in [3.05, 3.63) is 108 Å². The van der Waals surface area contributed by atoms with Gasteiger partial charge in [0.1, 0.15) is 12.7 Å². The van der Waals surface area contributed by atoms with Crippen molar-refractivity contribution >= 4 is 23.9 Å². The van der Waals surface area contributed by atoms with E-state index < -0.39 is 54.9 Å². The number of benzene rings is 3. The number of carbonyl (C=O) groups excluding carboxylic acids is 3. The van der Waals surface area contributed by atoms with Crippen molar-refractivity contribution in [3.63, 3.8) is 0 Å². The van der Waals surface area contributed by atoms with E-state index in [0.717, 1.165) is 0 Å². The molecule has 1 heterocycles. The summed E-state index contributed by atoms with van der Waals surface area (Å²) in [5, 5.41) is 9.74. The van der Waals surface area contributed by atoms with Gasteiger partial charge in [-0.3, -0.25) is 0 Å². The van der Waals surface area contributed by atoms with Crippen LogP contribution in [0.5, 0.6) is 0 Å². The third-order valence-corrected chi connectivity index (χ3v) is 5.45. The van der Waals surface area contributed by atoms with Crippen LogP contribution in [0.3, 0.4) is 0 Å². The van der Waals surface area contributed by atoms with Gasteiger partial charge in [-0.15, -0.1) is 0 Å². The van der Waals surface area contributed by atoms with Crippen molar-refractivity contribution in [2.24, 2.45) is 0 Å². The third-order valence-electron chi connectivity index (χ3n) is 5.45. The summed E-state index contributed by atoms with van der Waals surface area (Å²) in [4.78, 5) is 49.9. The van der Waals surface area contributed by atoms with E-state index in [1.165, 1.54) is 24.3 Å². The van der Waals surface area contributed by atoms with Crippen LogP contribution in [-0.4, -0.2) is 60.0 Å². The molecular weight excluding hydrogens is 468 g/mol. The molecule has 0 radical (unpaired) electrons. The van der Waals surface area contributed by atoms with Crippen LogP contribution in [0, 0.1) is 0 Å². The van der Waals surface area contributed by atoms with Crippen LogP contribution in [0.4, 0.5) is 0 Å². The average molecular weight is 490 g/mol. The number of carboxylic acid groups (broad SMARTS) is 1. The van der Waals surface area contributed by atoms with E-state index in [9.17, 15) is 24.3 Å². The van der Waals surface area contributed by atoms with E-state index in [-0.39, 0.29) is 16.7 Å². The van der Waals surface area contributed by atoms with Gasteiger partial charge in [-0.1, -0.05) is 54.6 Å². The predicted molar refractivity (Wildman–Crippen MR) is 124 cm³/mol. The normalized spacial score (nSPS) is 20.8. The van der Waals surface area contributed by atoms with Gasteiger partial charge < -0.3 is 24.1 Å². The van der Waals surface area contributed by atoms with Crippen LogP contribution in [-0.2, 0) is 23.7 Å². The molecule has 1 aliphatic heterocycles. The second-order valence-corrected chi connectivity index (χ2v) is 7.87. The Bertz CT molecular complexity index is 1210. The van der Waals surface area contributed by atoms with Gasteiger partial charge in [-0.05, 0) is 36.4 Å². The second kappa shape index (κ2) is 11.3. The van der Waals surface area contributed by atoms with Gasteiger partial charge in [0, 0.05) is 0 Å². The fourth-order valence-electron chi connectivity index (χ4n) is 3.68. The summed E-state index contributed by atoms with van der Waals surface area (Å²) in [5.41, 5.74) is 0.647. The Morgan fingerprint density at radius 3 is 1.50 bits per heavy atom. The maximum Gasteiger partial charge on any atom is 0.338 e. The molecule has 4 atom stereocenters. The van der Waals surface area contributed by atoms with Crippen LogP contribution in [0.25, 0.3) is 0 Å². The molecule has 1 aliphatic rings. The first-order valence-electron chi connectivity index (χ1n) is 11.1. The summed E-state index contributed by atoms with van der Waals surface area (Å²) < 4.78 is 21.9. The zero-order valence-corrected chi connectivity index (χ0v) is 18.9. The number of aliphatic carboxylic acids is 1. The Kier molecular flexibility index (Phi) is 7.72. The summed E-state index contributed by atoms with van der Waals surface area (Å²) in [5.74, 6) is -3.71. The lowest BCUT2D eigenvalue weighted by atomic mass is 10.1. The predicted octanol–water partition coefficient (Wildman–Crippen LogP) is 3.15. The minimum Gasteiger partial charge on any atom is -0.479 e. The number of hydrogen-bond donors (Lipinski definition) is 1. The zero-order valence-electron chi connectivity index (χ0n) is 18.9. The minimum absolute atomic E-state index is 0.175. The van der Waals surface area contributed by atoms with Gasteiger partial charge in [0.05, 0.1) is 16.7 Å². The Morgan fingerprint density at radius 2 is 1.06 bits per heavy atom. The Morgan fingerprint density at radius 1 is 0.639 bits per heavy atom. The highest BCUT2D eigenvalue weighted by Crippen LogP contribution is 2.29. The molecule has 36 heavy (non-hydrogen) atoms. The molecule has 0 unspecified atom stereocenters. The molecule has 4 rings (SSSR count). The average Bonchev–Trinajstić information content (AvgIpc) is 3.25. The summed E-state index contributed by atoms with van der Waals surface area (Å²) in [6.07, 6.45) is -5.73. The van der Waals surface area contributed by atoms with Crippen LogP contribution in [0.2, 0.25) is 0 Å². The van der Waals surface area contributed by atoms with Gasteiger partial charge in [0.2, 0.25) is 0 Å². The van der Waals surface area contributed by atoms with Crippen molar-refractivity contribution in [3.8, 4) is 0 Å². The monoisotopic (exact) mass is 490 g/mol. The van der Waals surface area contributed by atoms with Crippen molar-refractivity contribution in [1.82, 2.24) is 0 Å². The fraction of sp³-hybridized carbons (Fsp3) is 0.185. The SMILES string of the molecule is O=C(OC[C@H]1O[C@@H](C(=O)O)[C@H](OC(=O)c2ccccc2)[C@H]1OC(=O)c1ccccc1)c1ccccc1. The lowest BCUT2D eigenvalue weighted by Crippen LogP contribution is -2.43. The molecule has 1 N–H and O–H groups in total. The van der Waals surface area contributed by atoms with E-state index >= 15 is 0 Å². The molecule has 0 saturated carbocycles. The molecule has 1 fully saturated rings. The topological polar surface area (TPSA) is 125 Å². The first-order chi connectivity index (χ1) is 17.4. The molecule has 1 saturated heterocycles. The lowest BCUT2D eigenvalue weighted by Gasteiger charge is -2.23. The summed E-state index contributed by atoms with van der Waals surface area (Å²) in [6, 6.07) is 24.1. The Hall–Kier alpha value is -4.50. The molecule has 0 amide bonds. The quantitative estimate of drug-likeness (QED) is 0.374. The molecule has 9 heteroatoms. The molecule has 0 spiro atoms. The number of esters is 3. The molecular formula is C27H22O9. The van der Waals surface area contributed by atoms with Crippen LogP contribution >= 0.6 is 0 Å². The Labute approximate surface area is 206 Å². The van der Waals surface area contributed by atoms with E-state index in [4.69, 9.17) is 18.9 Å². The first kappa shape index (κ1) is 24.6. The van der Waals surface area contributed by atoms with Crippen LogP contribution < -0.4 is 0 Å². The standard InChI is InChI=1S/C27H22O9/c28-24(29)23-22(36-27(32)19-14-8-3-9-15-19)21(35-26(31)18-12-6-2-7-13-18)20(34-23)16-33-25(30)17-10-4-1-5-11-17/h1-15,20-23H,16H2,(H,28,29)/t20-,21+,22-,23-/m1/s1. The smallest absolute Gasteiger partial charge is 0.338 e. The van der Waals surface area contributed by atoms with E-state index in [2.05, 4.69) is 0 Å². The number of carbonyl (C=O) groups is 4. The fourth-order valence-corrected chi connectivity index (χ4v) is 3.68. The number of carboxylic acids is 1. The largest absolute Gasteiger partial charge is 0.479 e. The molecule has 0 aromatic heterocycles. The highest BCUT2D eigenvalue weighted by molar-refractivity contribution is 5.91. The number of ether oxygens (including phenoxy) is 4. The zero-order chi connectivity index (χ0) is 25.5. The molecule has 184 valence electrons. The van der Waals surface area contributed by atoms with E-state index in [0.29, 0.717) is 0 Å². The maximum atomic E-state index is 12.8. The van der Waals surface area contributed by atoms with Crippen molar-refractivity contribution < 1.29 is 43.2 Å². The highest BCUT2D eigenvalue weighted by Gasteiger charge is 2.53. The first-order valence-corrected chi connectivity index (χ1v) is 11.1. The second-order valence-electron chi connectivity index (χ2n) is 7.87. The van der Waals surface area contributed by atoms with Gasteiger partial charge >= 0.3 is 23.9 Å². The van der Waals surface area contributed by atoms with Crippen LogP contribution in [0.15, 0.2) is 91.0 Å². The molecule has 0 bridgehead atoms. The molecule has 0 aliphatic carbocycles. The van der Waals surface area contributed by atoms with Gasteiger partial charge in [0.25, 0.3) is 0 Å². The Balaban J connectivity index is 1.58. The summed E-state index contributed by atoms with van der Waals surface area (Å²) in [7, 11) is 0. The van der Waals surface area contributed by atoms with E-state index in [1.54, 1.807) is 66.7 Å². The van der Waals surface area contributed by atoms with Crippen LogP contribution in [0.1, 0.15) is 31.1 Å². The lowest BCUT2D eigenvalue weighted by molar-refractivity contribution is -0.154. The highest BCUT2D eigenvalue weighted by atomic mass is 16.7. The van der Waals surface area contributed by atoms with Crippen molar-refractivity contribution in [2.75, 3.05) is 6.61 Å².